The second-order valence-corrected chi connectivity index (χ2v) is 11.6. The van der Waals surface area contributed by atoms with E-state index in [4.69, 9.17) is 28.2 Å². The number of nitrogens with zero attached hydrogens (tertiary/aromatic N) is 2. The first-order valence-electron chi connectivity index (χ1n) is 13.1. The van der Waals surface area contributed by atoms with Gasteiger partial charge in [0.25, 0.3) is 0 Å². The van der Waals surface area contributed by atoms with Gasteiger partial charge in [0.05, 0.1) is 16.3 Å². The van der Waals surface area contributed by atoms with E-state index in [0.29, 0.717) is 28.7 Å². The van der Waals surface area contributed by atoms with E-state index in [0.717, 1.165) is 39.3 Å². The molecule has 1 aliphatic rings. The molecule has 0 spiro atoms. The highest BCUT2D eigenvalue weighted by Gasteiger charge is 2.13. The van der Waals surface area contributed by atoms with Crippen LogP contribution in [0.3, 0.4) is 0 Å². The van der Waals surface area contributed by atoms with E-state index in [1.54, 1.807) is 30.5 Å². The fourth-order valence-electron chi connectivity index (χ4n) is 4.55. The maximum Gasteiger partial charge on any atom is 0.335 e. The van der Waals surface area contributed by atoms with Crippen molar-refractivity contribution in [2.24, 2.45) is 0 Å². The van der Waals surface area contributed by atoms with Gasteiger partial charge >= 0.3 is 5.97 Å². The van der Waals surface area contributed by atoms with Crippen molar-refractivity contribution in [2.75, 3.05) is 11.0 Å². The van der Waals surface area contributed by atoms with Gasteiger partial charge in [0.1, 0.15) is 16.8 Å². The van der Waals surface area contributed by atoms with Gasteiger partial charge in [-0.05, 0) is 71.2 Å². The summed E-state index contributed by atoms with van der Waals surface area (Å²) in [4.78, 5) is 16.3. The van der Waals surface area contributed by atoms with Crippen molar-refractivity contribution in [1.29, 1.82) is 0 Å². The maximum absolute atomic E-state index is 11.5. The summed E-state index contributed by atoms with van der Waals surface area (Å²) >= 11 is 12.6. The van der Waals surface area contributed by atoms with Gasteiger partial charge in [-0.25, -0.2) is 14.0 Å². The molecule has 3 aromatic carbocycles. The number of benzene rings is 3. The third-order valence-corrected chi connectivity index (χ3v) is 7.67. The van der Waals surface area contributed by atoms with Crippen molar-refractivity contribution >= 4 is 58.0 Å². The van der Waals surface area contributed by atoms with Gasteiger partial charge in [0, 0.05) is 35.3 Å². The zero-order chi connectivity index (χ0) is 29.6. The van der Waals surface area contributed by atoms with Crippen molar-refractivity contribution in [1.82, 2.24) is 9.55 Å². The zero-order valence-electron chi connectivity index (χ0n) is 22.6. The lowest BCUT2D eigenvalue weighted by Crippen LogP contribution is -2.02. The molecule has 0 amide bonds. The standard InChI is InChI=1S/C33H27Cl2N3O3S/c1-42(41)37-28-7-3-6-26(18-28)24-12-8-22(9-13-24)11-17-32-36-31(29-16-15-27(34)19-30(29)35)21-38(32)20-23-4-2-5-25(14-10-23)33(39)40/h2-3,5-19,21,37H,4,20H2,1H3,(H,39,40)/b17-11+. The Kier molecular flexibility index (Phi) is 9.22. The highest BCUT2D eigenvalue weighted by atomic mass is 35.5. The number of carboxylic acids is 1. The lowest BCUT2D eigenvalue weighted by molar-refractivity contribution is -0.132. The smallest absolute Gasteiger partial charge is 0.335 e. The summed E-state index contributed by atoms with van der Waals surface area (Å²) in [5, 5.41) is 10.4. The molecule has 1 unspecified atom stereocenters. The van der Waals surface area contributed by atoms with E-state index in [-0.39, 0.29) is 5.57 Å². The first-order chi connectivity index (χ1) is 20.2. The SMILES string of the molecule is CS(=O)Nc1cccc(-c2ccc(/C=C/c3nc(-c4ccc(Cl)cc4Cl)cn3CC3=CC=C(C(=O)O)C=CC3)cc2)c1. The van der Waals surface area contributed by atoms with Gasteiger partial charge in [-0.1, -0.05) is 83.9 Å². The molecule has 5 rings (SSSR count). The van der Waals surface area contributed by atoms with Gasteiger partial charge in [-0.15, -0.1) is 0 Å². The number of carbonyl (C=O) groups is 1. The van der Waals surface area contributed by atoms with Crippen molar-refractivity contribution in [2.45, 2.75) is 13.0 Å². The van der Waals surface area contributed by atoms with Gasteiger partial charge in [0.15, 0.2) is 0 Å². The third-order valence-electron chi connectivity index (χ3n) is 6.60. The molecule has 212 valence electrons. The van der Waals surface area contributed by atoms with Crippen LogP contribution in [0.15, 0.2) is 108 Å². The number of rotatable bonds is 9. The van der Waals surface area contributed by atoms with Crippen LogP contribution >= 0.6 is 23.2 Å². The Labute approximate surface area is 256 Å². The number of allylic oxidation sites excluding steroid dienone is 4. The molecular formula is C33H27Cl2N3O3S. The molecule has 1 heterocycles. The number of halogens is 2. The third kappa shape index (κ3) is 7.36. The lowest BCUT2D eigenvalue weighted by Gasteiger charge is -2.08. The number of hydrogen-bond donors (Lipinski definition) is 2. The minimum absolute atomic E-state index is 0.246. The van der Waals surface area contributed by atoms with Crippen LogP contribution in [-0.2, 0) is 22.3 Å². The number of carboxylic acid groups (broad SMARTS) is 1. The molecule has 2 N–H and O–H groups in total. The second kappa shape index (κ2) is 13.2. The molecule has 0 radical (unpaired) electrons. The Morgan fingerprint density at radius 1 is 1.05 bits per heavy atom. The van der Waals surface area contributed by atoms with E-state index in [9.17, 15) is 14.1 Å². The number of anilines is 1. The largest absolute Gasteiger partial charge is 0.478 e. The number of imidazole rings is 1. The average molecular weight is 617 g/mol. The topological polar surface area (TPSA) is 84.2 Å². The van der Waals surface area contributed by atoms with Crippen molar-refractivity contribution in [3.05, 3.63) is 130 Å². The van der Waals surface area contributed by atoms with Crippen LogP contribution in [0.1, 0.15) is 17.8 Å². The molecule has 1 aromatic heterocycles. The average Bonchev–Trinajstić information content (AvgIpc) is 3.19. The van der Waals surface area contributed by atoms with Gasteiger partial charge < -0.3 is 14.4 Å². The predicted molar refractivity (Wildman–Crippen MR) is 174 cm³/mol. The van der Waals surface area contributed by atoms with E-state index in [1.807, 2.05) is 89.7 Å². The van der Waals surface area contributed by atoms with Crippen LogP contribution in [0.4, 0.5) is 5.69 Å². The summed E-state index contributed by atoms with van der Waals surface area (Å²) in [6.45, 7) is 0.525. The quantitative estimate of drug-likeness (QED) is 0.198. The van der Waals surface area contributed by atoms with Crippen LogP contribution in [0, 0.1) is 0 Å². The summed E-state index contributed by atoms with van der Waals surface area (Å²) in [5.41, 5.74) is 6.62. The maximum atomic E-state index is 11.5. The molecule has 6 nitrogen and oxygen atoms in total. The second-order valence-electron chi connectivity index (χ2n) is 9.69. The Bertz CT molecular complexity index is 1790. The minimum Gasteiger partial charge on any atom is -0.478 e. The molecule has 9 heteroatoms. The Hall–Kier alpha value is -4.17. The molecule has 0 aliphatic heterocycles. The normalized spacial score (nSPS) is 13.9. The molecule has 0 bridgehead atoms. The van der Waals surface area contributed by atoms with Crippen LogP contribution in [0.2, 0.25) is 10.0 Å². The summed E-state index contributed by atoms with van der Waals surface area (Å²) in [6, 6.07) is 21.3. The van der Waals surface area contributed by atoms with Crippen LogP contribution < -0.4 is 4.72 Å². The minimum atomic E-state index is -1.14. The number of nitrogens with one attached hydrogen (secondary N) is 1. The van der Waals surface area contributed by atoms with Crippen LogP contribution in [0.5, 0.6) is 0 Å². The van der Waals surface area contributed by atoms with Gasteiger partial charge in [-0.3, -0.25) is 0 Å². The van der Waals surface area contributed by atoms with E-state index >= 15 is 0 Å². The molecular weight excluding hydrogens is 589 g/mol. The summed E-state index contributed by atoms with van der Waals surface area (Å²) in [6.07, 6.45) is 15.1. The predicted octanol–water partition coefficient (Wildman–Crippen LogP) is 8.30. The van der Waals surface area contributed by atoms with E-state index < -0.39 is 17.0 Å². The van der Waals surface area contributed by atoms with E-state index in [2.05, 4.69) is 4.72 Å². The number of aliphatic carboxylic acids is 1. The molecule has 0 fully saturated rings. The highest BCUT2D eigenvalue weighted by Crippen LogP contribution is 2.31. The number of hydrogen-bond acceptors (Lipinski definition) is 3. The zero-order valence-corrected chi connectivity index (χ0v) is 25.0. The van der Waals surface area contributed by atoms with E-state index in [1.165, 1.54) is 0 Å². The molecule has 4 aromatic rings. The summed E-state index contributed by atoms with van der Waals surface area (Å²) in [7, 11) is -1.14. The monoisotopic (exact) mass is 615 g/mol. The molecule has 1 atom stereocenters. The Morgan fingerprint density at radius 3 is 2.60 bits per heavy atom. The number of aromatic nitrogens is 2. The Morgan fingerprint density at radius 2 is 1.86 bits per heavy atom. The summed E-state index contributed by atoms with van der Waals surface area (Å²) < 4.78 is 16.5. The highest BCUT2D eigenvalue weighted by molar-refractivity contribution is 7.85. The lowest BCUT2D eigenvalue weighted by atomic mass is 10.0. The fraction of sp³-hybridized carbons (Fsp3) is 0.0909. The molecule has 42 heavy (non-hydrogen) atoms. The summed E-state index contributed by atoms with van der Waals surface area (Å²) in [5.74, 6) is -0.231. The van der Waals surface area contributed by atoms with Crippen molar-refractivity contribution in [3.8, 4) is 22.4 Å². The molecule has 0 saturated carbocycles. The van der Waals surface area contributed by atoms with Crippen LogP contribution in [0.25, 0.3) is 34.5 Å². The Balaban J connectivity index is 1.43. The van der Waals surface area contributed by atoms with Gasteiger partial charge in [0.2, 0.25) is 0 Å². The fourth-order valence-corrected chi connectivity index (χ4v) is 5.51. The first-order valence-corrected chi connectivity index (χ1v) is 15.4. The molecule has 0 saturated heterocycles. The first kappa shape index (κ1) is 29.3. The van der Waals surface area contributed by atoms with Crippen molar-refractivity contribution < 1.29 is 14.1 Å². The van der Waals surface area contributed by atoms with Crippen molar-refractivity contribution in [3.63, 3.8) is 0 Å². The van der Waals surface area contributed by atoms with Gasteiger partial charge in [-0.2, -0.15) is 0 Å². The molecule has 1 aliphatic carbocycles. The van der Waals surface area contributed by atoms with Crippen LogP contribution in [-0.4, -0.2) is 31.1 Å².